The Bertz CT molecular complexity index is 464. The molecule has 1 aromatic carbocycles. The van der Waals surface area contributed by atoms with Crippen LogP contribution in [0.25, 0.3) is 0 Å². The molecule has 1 aromatic rings. The third-order valence-corrected chi connectivity index (χ3v) is 5.15. The molecule has 0 radical (unpaired) electrons. The Kier molecular flexibility index (Phi) is 3.04. The maximum Gasteiger partial charge on any atom is 0.243 e. The standard InChI is InChI=1S/C12H17NO2S/c1-10-5-7-12(8-6-10)16(14,15)13-9-3-4-11(13)2/h5-8,11H,3-4,9H2,1-2H3/t11-/m0/s1. The minimum absolute atomic E-state index is 0.131. The molecular weight excluding hydrogens is 222 g/mol. The van der Waals surface area contributed by atoms with Crippen LogP contribution in [0.4, 0.5) is 0 Å². The minimum Gasteiger partial charge on any atom is -0.207 e. The van der Waals surface area contributed by atoms with E-state index in [2.05, 4.69) is 0 Å². The summed E-state index contributed by atoms with van der Waals surface area (Å²) in [6.07, 6.45) is 1.93. The monoisotopic (exact) mass is 239 g/mol. The molecule has 1 heterocycles. The van der Waals surface area contributed by atoms with Crippen LogP contribution in [0.2, 0.25) is 0 Å². The van der Waals surface area contributed by atoms with E-state index in [9.17, 15) is 8.42 Å². The number of sulfonamides is 1. The summed E-state index contributed by atoms with van der Waals surface area (Å²) in [4.78, 5) is 0.409. The highest BCUT2D eigenvalue weighted by Crippen LogP contribution is 2.25. The third-order valence-electron chi connectivity index (χ3n) is 3.12. The number of hydrogen-bond acceptors (Lipinski definition) is 2. The lowest BCUT2D eigenvalue weighted by Crippen LogP contribution is -2.33. The molecule has 1 saturated heterocycles. The molecule has 4 heteroatoms. The first kappa shape index (κ1) is 11.6. The third kappa shape index (κ3) is 1.99. The Morgan fingerprint density at radius 3 is 2.38 bits per heavy atom. The van der Waals surface area contributed by atoms with Gasteiger partial charge in [-0.25, -0.2) is 8.42 Å². The molecular formula is C12H17NO2S. The van der Waals surface area contributed by atoms with Crippen LogP contribution in [0.3, 0.4) is 0 Å². The van der Waals surface area contributed by atoms with E-state index in [1.54, 1.807) is 16.4 Å². The number of hydrogen-bond donors (Lipinski definition) is 0. The van der Waals surface area contributed by atoms with Crippen LogP contribution in [0.5, 0.6) is 0 Å². The molecule has 1 aliphatic heterocycles. The van der Waals surface area contributed by atoms with Crippen molar-refractivity contribution in [2.24, 2.45) is 0 Å². The van der Waals surface area contributed by atoms with Gasteiger partial charge in [0.05, 0.1) is 4.90 Å². The lowest BCUT2D eigenvalue weighted by Gasteiger charge is -2.20. The average molecular weight is 239 g/mol. The van der Waals surface area contributed by atoms with Gasteiger partial charge >= 0.3 is 0 Å². The largest absolute Gasteiger partial charge is 0.243 e. The van der Waals surface area contributed by atoms with Crippen LogP contribution < -0.4 is 0 Å². The summed E-state index contributed by atoms with van der Waals surface area (Å²) in [5.74, 6) is 0. The molecule has 1 fully saturated rings. The van der Waals surface area contributed by atoms with Crippen LogP contribution in [-0.4, -0.2) is 25.3 Å². The average Bonchev–Trinajstić information content (AvgIpc) is 2.66. The van der Waals surface area contributed by atoms with Gasteiger partial charge in [0.1, 0.15) is 0 Å². The number of rotatable bonds is 2. The zero-order valence-electron chi connectivity index (χ0n) is 9.68. The zero-order valence-corrected chi connectivity index (χ0v) is 10.5. The molecule has 0 aliphatic carbocycles. The summed E-state index contributed by atoms with van der Waals surface area (Å²) in [6, 6.07) is 7.19. The second-order valence-electron chi connectivity index (χ2n) is 4.42. The van der Waals surface area contributed by atoms with E-state index < -0.39 is 10.0 Å². The first-order valence-corrected chi connectivity index (χ1v) is 7.04. The van der Waals surface area contributed by atoms with Gasteiger partial charge in [0.2, 0.25) is 10.0 Å². The predicted octanol–water partition coefficient (Wildman–Crippen LogP) is 2.17. The lowest BCUT2D eigenvalue weighted by atomic mass is 10.2. The maximum absolute atomic E-state index is 12.3. The Morgan fingerprint density at radius 1 is 1.25 bits per heavy atom. The maximum atomic E-state index is 12.3. The van der Waals surface area contributed by atoms with Crippen molar-refractivity contribution in [3.63, 3.8) is 0 Å². The molecule has 0 bridgehead atoms. The first-order chi connectivity index (χ1) is 7.51. The first-order valence-electron chi connectivity index (χ1n) is 5.60. The van der Waals surface area contributed by atoms with Crippen molar-refractivity contribution in [1.82, 2.24) is 4.31 Å². The predicted molar refractivity (Wildman–Crippen MR) is 63.8 cm³/mol. The van der Waals surface area contributed by atoms with E-state index in [4.69, 9.17) is 0 Å². The molecule has 0 amide bonds. The van der Waals surface area contributed by atoms with E-state index in [0.717, 1.165) is 18.4 Å². The molecule has 2 rings (SSSR count). The fourth-order valence-electron chi connectivity index (χ4n) is 2.11. The van der Waals surface area contributed by atoms with Crippen molar-refractivity contribution < 1.29 is 8.42 Å². The van der Waals surface area contributed by atoms with Gasteiger partial charge in [-0.2, -0.15) is 4.31 Å². The van der Waals surface area contributed by atoms with Crippen molar-refractivity contribution in [2.75, 3.05) is 6.54 Å². The quantitative estimate of drug-likeness (QED) is 0.793. The summed E-state index contributed by atoms with van der Waals surface area (Å²) in [5, 5.41) is 0. The summed E-state index contributed by atoms with van der Waals surface area (Å²) in [7, 11) is -3.27. The van der Waals surface area contributed by atoms with Gasteiger partial charge in [-0.15, -0.1) is 0 Å². The van der Waals surface area contributed by atoms with E-state index in [1.807, 2.05) is 26.0 Å². The van der Waals surface area contributed by atoms with Gasteiger partial charge in [-0.1, -0.05) is 17.7 Å². The molecule has 88 valence electrons. The van der Waals surface area contributed by atoms with Crippen molar-refractivity contribution in [3.05, 3.63) is 29.8 Å². The van der Waals surface area contributed by atoms with Crippen molar-refractivity contribution in [3.8, 4) is 0 Å². The SMILES string of the molecule is Cc1ccc(S(=O)(=O)N2CCC[C@@H]2C)cc1. The van der Waals surface area contributed by atoms with Gasteiger partial charge < -0.3 is 0 Å². The second kappa shape index (κ2) is 4.18. The van der Waals surface area contributed by atoms with E-state index >= 15 is 0 Å². The Labute approximate surface area is 97.1 Å². The molecule has 1 atom stereocenters. The van der Waals surface area contributed by atoms with Gasteiger partial charge in [0.25, 0.3) is 0 Å². The summed E-state index contributed by atoms with van der Waals surface area (Å²) in [5.41, 5.74) is 1.08. The Morgan fingerprint density at radius 2 is 1.88 bits per heavy atom. The highest BCUT2D eigenvalue weighted by molar-refractivity contribution is 7.89. The van der Waals surface area contributed by atoms with Crippen molar-refractivity contribution >= 4 is 10.0 Å². The number of aryl methyl sites for hydroxylation is 1. The molecule has 1 aliphatic rings. The van der Waals surface area contributed by atoms with Crippen LogP contribution in [0.15, 0.2) is 29.2 Å². The normalized spacial score (nSPS) is 22.5. The zero-order chi connectivity index (χ0) is 11.8. The van der Waals surface area contributed by atoms with Gasteiger partial charge in [-0.3, -0.25) is 0 Å². The molecule has 0 spiro atoms. The number of benzene rings is 1. The summed E-state index contributed by atoms with van der Waals surface area (Å²) < 4.78 is 26.2. The van der Waals surface area contributed by atoms with Gasteiger partial charge in [0.15, 0.2) is 0 Å². The number of nitrogens with zero attached hydrogens (tertiary/aromatic N) is 1. The molecule has 0 saturated carbocycles. The fraction of sp³-hybridized carbons (Fsp3) is 0.500. The van der Waals surface area contributed by atoms with E-state index in [0.29, 0.717) is 11.4 Å². The van der Waals surface area contributed by atoms with E-state index in [-0.39, 0.29) is 6.04 Å². The van der Waals surface area contributed by atoms with Gasteiger partial charge in [-0.05, 0) is 38.8 Å². The topological polar surface area (TPSA) is 37.4 Å². The van der Waals surface area contributed by atoms with Crippen molar-refractivity contribution in [2.45, 2.75) is 37.6 Å². The van der Waals surface area contributed by atoms with Crippen LogP contribution >= 0.6 is 0 Å². The molecule has 0 N–H and O–H groups in total. The minimum atomic E-state index is -3.27. The Balaban J connectivity index is 2.35. The molecule has 16 heavy (non-hydrogen) atoms. The molecule has 0 unspecified atom stereocenters. The summed E-state index contributed by atoms with van der Waals surface area (Å²) in [6.45, 7) is 4.57. The van der Waals surface area contributed by atoms with Crippen molar-refractivity contribution in [1.29, 1.82) is 0 Å². The van der Waals surface area contributed by atoms with Gasteiger partial charge in [0, 0.05) is 12.6 Å². The molecule has 3 nitrogen and oxygen atoms in total. The highest BCUT2D eigenvalue weighted by atomic mass is 32.2. The fourth-order valence-corrected chi connectivity index (χ4v) is 3.81. The summed E-state index contributed by atoms with van der Waals surface area (Å²) >= 11 is 0. The lowest BCUT2D eigenvalue weighted by molar-refractivity contribution is 0.408. The van der Waals surface area contributed by atoms with E-state index in [1.165, 1.54) is 0 Å². The van der Waals surface area contributed by atoms with Crippen LogP contribution in [0.1, 0.15) is 25.3 Å². The van der Waals surface area contributed by atoms with Crippen LogP contribution in [0, 0.1) is 6.92 Å². The second-order valence-corrected chi connectivity index (χ2v) is 6.31. The highest BCUT2D eigenvalue weighted by Gasteiger charge is 2.32. The Hall–Kier alpha value is -0.870. The molecule has 0 aromatic heterocycles. The smallest absolute Gasteiger partial charge is 0.207 e. The van der Waals surface area contributed by atoms with Crippen LogP contribution in [-0.2, 0) is 10.0 Å².